The van der Waals surface area contributed by atoms with E-state index >= 15 is 0 Å². The Labute approximate surface area is 192 Å². The van der Waals surface area contributed by atoms with Gasteiger partial charge in [-0.1, -0.05) is 12.7 Å². The number of pyridine rings is 2. The molecule has 172 valence electrons. The van der Waals surface area contributed by atoms with Crippen LogP contribution in [0.1, 0.15) is 41.5 Å². The average molecular weight is 447 g/mol. The van der Waals surface area contributed by atoms with Crippen molar-refractivity contribution in [2.45, 2.75) is 25.8 Å². The maximum absolute atomic E-state index is 13.6. The summed E-state index contributed by atoms with van der Waals surface area (Å²) < 4.78 is 3.81. The fraction of sp³-hybridized carbons (Fsp3) is 0.400. The molecule has 2 aliphatic rings. The molecule has 3 aromatic heterocycles. The van der Waals surface area contributed by atoms with Crippen molar-refractivity contribution in [2.24, 2.45) is 7.05 Å². The molecule has 3 aromatic rings. The summed E-state index contributed by atoms with van der Waals surface area (Å²) in [5.74, 6) is 0.516. The molecule has 0 bridgehead atoms. The maximum atomic E-state index is 13.6. The van der Waals surface area contributed by atoms with E-state index in [4.69, 9.17) is 4.98 Å². The van der Waals surface area contributed by atoms with Crippen LogP contribution in [0.3, 0.4) is 0 Å². The zero-order valence-electron chi connectivity index (χ0n) is 19.5. The second-order valence-corrected chi connectivity index (χ2v) is 8.98. The van der Waals surface area contributed by atoms with Gasteiger partial charge in [-0.25, -0.2) is 4.98 Å². The van der Waals surface area contributed by atoms with Gasteiger partial charge >= 0.3 is 0 Å². The Morgan fingerprint density at radius 2 is 1.88 bits per heavy atom. The maximum Gasteiger partial charge on any atom is 0.259 e. The first-order chi connectivity index (χ1) is 15.9. The summed E-state index contributed by atoms with van der Waals surface area (Å²) in [6.07, 6.45) is 7.58. The summed E-state index contributed by atoms with van der Waals surface area (Å²) in [5.41, 5.74) is 2.64. The van der Waals surface area contributed by atoms with Gasteiger partial charge in [0.25, 0.3) is 5.91 Å². The van der Waals surface area contributed by atoms with Gasteiger partial charge in [0, 0.05) is 39.3 Å². The molecular formula is C25H30N6O2. The Morgan fingerprint density at radius 1 is 1.15 bits per heavy atom. The van der Waals surface area contributed by atoms with Crippen LogP contribution >= 0.6 is 0 Å². The molecule has 1 N–H and O–H groups in total. The molecule has 0 atom stereocenters. The number of fused-ring (bicyclic) bond motifs is 3. The summed E-state index contributed by atoms with van der Waals surface area (Å²) in [6, 6.07) is 3.87. The van der Waals surface area contributed by atoms with Crippen LogP contribution in [-0.4, -0.2) is 64.0 Å². The van der Waals surface area contributed by atoms with Crippen molar-refractivity contribution >= 4 is 40.6 Å². The molecule has 1 saturated carbocycles. The monoisotopic (exact) mass is 446 g/mol. The highest BCUT2D eigenvalue weighted by Gasteiger charge is 2.30. The molecule has 5 rings (SSSR count). The van der Waals surface area contributed by atoms with Gasteiger partial charge in [-0.15, -0.1) is 0 Å². The van der Waals surface area contributed by atoms with Gasteiger partial charge in [0.2, 0.25) is 5.43 Å². The molecule has 1 saturated heterocycles. The zero-order valence-corrected chi connectivity index (χ0v) is 19.5. The van der Waals surface area contributed by atoms with Crippen LogP contribution in [0.25, 0.3) is 28.8 Å². The van der Waals surface area contributed by atoms with E-state index in [1.165, 1.54) is 0 Å². The predicted molar refractivity (Wildman–Crippen MR) is 133 cm³/mol. The molecule has 8 heteroatoms. The van der Waals surface area contributed by atoms with E-state index in [1.54, 1.807) is 6.08 Å². The zero-order chi connectivity index (χ0) is 23.3. The van der Waals surface area contributed by atoms with Gasteiger partial charge in [0.1, 0.15) is 17.0 Å². The van der Waals surface area contributed by atoms with Crippen LogP contribution in [0.15, 0.2) is 29.6 Å². The molecule has 1 aliphatic carbocycles. The number of aromatic nitrogens is 3. The third-order valence-electron chi connectivity index (χ3n) is 6.65. The van der Waals surface area contributed by atoms with E-state index in [9.17, 15) is 9.59 Å². The number of aryl methyl sites for hydroxylation is 1. The second-order valence-electron chi connectivity index (χ2n) is 8.98. The summed E-state index contributed by atoms with van der Waals surface area (Å²) >= 11 is 0. The molecule has 0 aromatic carbocycles. The smallest absolute Gasteiger partial charge is 0.259 e. The molecule has 1 aliphatic heterocycles. The largest absolute Gasteiger partial charge is 0.354 e. The van der Waals surface area contributed by atoms with E-state index in [1.807, 2.05) is 47.2 Å². The first-order valence-corrected chi connectivity index (χ1v) is 11.5. The van der Waals surface area contributed by atoms with E-state index < -0.39 is 0 Å². The minimum Gasteiger partial charge on any atom is -0.354 e. The van der Waals surface area contributed by atoms with Gasteiger partial charge < -0.3 is 19.7 Å². The highest BCUT2D eigenvalue weighted by atomic mass is 16.2. The Balaban J connectivity index is 1.82. The minimum atomic E-state index is -0.326. The average Bonchev–Trinajstić information content (AvgIpc) is 3.58. The van der Waals surface area contributed by atoms with E-state index in [-0.39, 0.29) is 22.9 Å². The van der Waals surface area contributed by atoms with Crippen molar-refractivity contribution in [3.63, 3.8) is 0 Å². The topological polar surface area (TPSA) is 74.9 Å². The Hall–Kier alpha value is -3.39. The van der Waals surface area contributed by atoms with E-state index in [0.29, 0.717) is 16.7 Å². The summed E-state index contributed by atoms with van der Waals surface area (Å²) in [7, 11) is 3.98. The number of imidazole rings is 1. The quantitative estimate of drug-likeness (QED) is 0.652. The lowest BCUT2D eigenvalue weighted by molar-refractivity contribution is 0.0951. The minimum absolute atomic E-state index is 0.152. The molecule has 8 nitrogen and oxygen atoms in total. The standard InChI is InChI=1S/C25H30N6O2/c1-5-7-19-18(6-2)29(4)25-21(24(33)26-16-8-9-16)22(32)17-10-11-20(27-23(17)31(19)25)30-14-12-28(3)13-15-30/h5-7,10-11,16H,2,8-9,12-15H2,1,3-4H3,(H,26,33)/b7-5-. The molecule has 0 radical (unpaired) electrons. The van der Waals surface area contributed by atoms with Crippen molar-refractivity contribution in [3.8, 4) is 0 Å². The Bertz CT molecular complexity index is 1350. The number of hydrogen-bond acceptors (Lipinski definition) is 5. The van der Waals surface area contributed by atoms with Crippen LogP contribution in [0.5, 0.6) is 0 Å². The van der Waals surface area contributed by atoms with Crippen LogP contribution in [0, 0.1) is 0 Å². The number of hydrogen-bond donors (Lipinski definition) is 1. The van der Waals surface area contributed by atoms with Crippen molar-refractivity contribution < 1.29 is 4.79 Å². The van der Waals surface area contributed by atoms with Crippen molar-refractivity contribution in [1.82, 2.24) is 24.2 Å². The molecule has 33 heavy (non-hydrogen) atoms. The number of anilines is 1. The van der Waals surface area contributed by atoms with E-state index in [2.05, 4.69) is 28.7 Å². The number of carbonyl (C=O) groups excluding carboxylic acids is 1. The van der Waals surface area contributed by atoms with Crippen LogP contribution in [0.4, 0.5) is 5.82 Å². The van der Waals surface area contributed by atoms with Gasteiger partial charge in [0.05, 0.1) is 16.8 Å². The van der Waals surface area contributed by atoms with E-state index in [0.717, 1.165) is 56.2 Å². The van der Waals surface area contributed by atoms with Crippen LogP contribution < -0.4 is 15.6 Å². The number of amides is 1. The molecule has 1 amide bonds. The predicted octanol–water partition coefficient (Wildman–Crippen LogP) is 2.51. The fourth-order valence-corrected chi connectivity index (χ4v) is 4.64. The number of nitrogens with one attached hydrogen (secondary N) is 1. The van der Waals surface area contributed by atoms with Crippen LogP contribution in [0.2, 0.25) is 0 Å². The summed E-state index contributed by atoms with van der Waals surface area (Å²) in [6.45, 7) is 9.61. The lowest BCUT2D eigenvalue weighted by atomic mass is 10.1. The van der Waals surface area contributed by atoms with Gasteiger partial charge in [-0.2, -0.15) is 0 Å². The van der Waals surface area contributed by atoms with Crippen molar-refractivity contribution in [1.29, 1.82) is 0 Å². The van der Waals surface area contributed by atoms with Crippen molar-refractivity contribution in [3.05, 3.63) is 52.0 Å². The third kappa shape index (κ3) is 3.54. The van der Waals surface area contributed by atoms with Gasteiger partial charge in [0.15, 0.2) is 5.65 Å². The highest BCUT2D eigenvalue weighted by Crippen LogP contribution is 2.27. The third-order valence-corrected chi connectivity index (χ3v) is 6.65. The number of nitrogens with zero attached hydrogens (tertiary/aromatic N) is 5. The fourth-order valence-electron chi connectivity index (χ4n) is 4.64. The lowest BCUT2D eigenvalue weighted by Crippen LogP contribution is -2.44. The first-order valence-electron chi connectivity index (χ1n) is 11.5. The molecular weight excluding hydrogens is 416 g/mol. The number of likely N-dealkylation sites (N-methyl/N-ethyl adjacent to an activating group) is 1. The number of allylic oxidation sites excluding steroid dienone is 1. The normalized spacial score (nSPS) is 17.4. The summed E-state index contributed by atoms with van der Waals surface area (Å²) in [4.78, 5) is 36.4. The first kappa shape index (κ1) is 21.5. The van der Waals surface area contributed by atoms with Gasteiger partial charge in [-0.3, -0.25) is 14.0 Å². The van der Waals surface area contributed by atoms with Crippen LogP contribution in [-0.2, 0) is 7.05 Å². The molecule has 4 heterocycles. The second kappa shape index (κ2) is 8.19. The molecule has 0 unspecified atom stereocenters. The Kier molecular flexibility index (Phi) is 5.32. The lowest BCUT2D eigenvalue weighted by Gasteiger charge is -2.33. The molecule has 0 spiro atoms. The number of piperazine rings is 1. The summed E-state index contributed by atoms with van der Waals surface area (Å²) in [5, 5.41) is 3.44. The SMILES string of the molecule is C=Cc1c(/C=C\C)n2c3nc(N4CCN(C)CC4)ccc3c(=O)c(C(=O)NC3CC3)c2n1C. The molecule has 2 fully saturated rings. The highest BCUT2D eigenvalue weighted by molar-refractivity contribution is 6.04. The Morgan fingerprint density at radius 3 is 2.52 bits per heavy atom. The van der Waals surface area contributed by atoms with Gasteiger partial charge in [-0.05, 0) is 51.1 Å². The van der Waals surface area contributed by atoms with Crippen molar-refractivity contribution in [2.75, 3.05) is 38.1 Å². The number of rotatable bonds is 5. The number of carbonyl (C=O) groups is 1.